The molecule has 5 atom stereocenters. The maximum Gasteiger partial charge on any atom is 0.330 e. The van der Waals surface area contributed by atoms with Gasteiger partial charge in [-0.05, 0) is 42.0 Å². The van der Waals surface area contributed by atoms with E-state index in [1.165, 1.54) is 42.5 Å². The van der Waals surface area contributed by atoms with E-state index >= 15 is 0 Å². The van der Waals surface area contributed by atoms with Gasteiger partial charge < -0.3 is 59.5 Å². The van der Waals surface area contributed by atoms with E-state index in [-0.39, 0.29) is 45.3 Å². The first-order valence-electron chi connectivity index (χ1n) is 13.0. The fourth-order valence-electron chi connectivity index (χ4n) is 4.46. The fourth-order valence-corrected chi connectivity index (χ4v) is 4.46. The molecule has 1 fully saturated rings. The number of phenols is 5. The molecule has 1 aliphatic rings. The molecule has 5 rings (SSSR count). The van der Waals surface area contributed by atoms with E-state index in [0.717, 1.165) is 24.3 Å². The SMILES string of the molecule is O=C(C=Cc1ccc(O)c(O)c1)OC[C@H]1O[C@@H](Oc2ccc(-c3cc(=O)c4c(O)cc(O)cc4o3)cc2O)[C@H](O)[C@@H](O)[C@@H]1O. The third-order valence-corrected chi connectivity index (χ3v) is 6.75. The van der Waals surface area contributed by atoms with E-state index in [1.807, 2.05) is 0 Å². The summed E-state index contributed by atoms with van der Waals surface area (Å²) in [5, 5.41) is 80.2. The molecular formula is C30H26O14. The molecule has 0 radical (unpaired) electrons. The summed E-state index contributed by atoms with van der Waals surface area (Å²) in [6.45, 7) is -0.564. The van der Waals surface area contributed by atoms with Crippen molar-refractivity contribution in [3.8, 4) is 45.8 Å². The Bertz CT molecular complexity index is 1800. The van der Waals surface area contributed by atoms with Crippen molar-refractivity contribution in [3.05, 3.63) is 76.5 Å². The zero-order chi connectivity index (χ0) is 31.7. The molecule has 0 bridgehead atoms. The van der Waals surface area contributed by atoms with Gasteiger partial charge in [-0.1, -0.05) is 6.07 Å². The van der Waals surface area contributed by atoms with Crippen LogP contribution in [0.1, 0.15) is 5.56 Å². The first-order chi connectivity index (χ1) is 20.9. The molecule has 1 aliphatic heterocycles. The molecule has 0 spiro atoms. The van der Waals surface area contributed by atoms with Crippen molar-refractivity contribution < 1.29 is 64.3 Å². The van der Waals surface area contributed by atoms with Crippen LogP contribution in [-0.2, 0) is 14.3 Å². The minimum Gasteiger partial charge on any atom is -0.508 e. The van der Waals surface area contributed by atoms with Crippen LogP contribution < -0.4 is 10.2 Å². The van der Waals surface area contributed by atoms with Crippen LogP contribution in [0.15, 0.2) is 69.9 Å². The van der Waals surface area contributed by atoms with Crippen molar-refractivity contribution in [1.29, 1.82) is 0 Å². The smallest absolute Gasteiger partial charge is 0.330 e. The van der Waals surface area contributed by atoms with Crippen LogP contribution in [-0.4, -0.2) is 84.1 Å². The van der Waals surface area contributed by atoms with Gasteiger partial charge in [-0.3, -0.25) is 4.79 Å². The summed E-state index contributed by atoms with van der Waals surface area (Å²) in [7, 11) is 0. The number of aliphatic hydroxyl groups is 3. The number of aromatic hydroxyl groups is 5. The van der Waals surface area contributed by atoms with Gasteiger partial charge in [-0.25, -0.2) is 4.79 Å². The molecule has 14 heteroatoms. The summed E-state index contributed by atoms with van der Waals surface area (Å²) in [4.78, 5) is 24.7. The monoisotopic (exact) mass is 610 g/mol. The summed E-state index contributed by atoms with van der Waals surface area (Å²) in [6.07, 6.45) is -5.91. The first-order valence-corrected chi connectivity index (χ1v) is 13.0. The van der Waals surface area contributed by atoms with Gasteiger partial charge in [0.15, 0.2) is 28.4 Å². The van der Waals surface area contributed by atoms with Crippen molar-refractivity contribution in [2.75, 3.05) is 6.61 Å². The normalized spacial score (nSPS) is 21.8. The largest absolute Gasteiger partial charge is 0.508 e. The zero-order valence-corrected chi connectivity index (χ0v) is 22.5. The predicted octanol–water partition coefficient (Wildman–Crippen LogP) is 1.43. The summed E-state index contributed by atoms with van der Waals surface area (Å²) >= 11 is 0. The highest BCUT2D eigenvalue weighted by Gasteiger charge is 2.45. The van der Waals surface area contributed by atoms with Gasteiger partial charge in [0.1, 0.15) is 59.3 Å². The van der Waals surface area contributed by atoms with Gasteiger partial charge in [0, 0.05) is 29.8 Å². The number of ether oxygens (including phenoxy) is 3. The molecular weight excluding hydrogens is 584 g/mol. The highest BCUT2D eigenvalue weighted by Crippen LogP contribution is 2.36. The number of aliphatic hydroxyl groups excluding tert-OH is 3. The number of carbonyl (C=O) groups is 1. The zero-order valence-electron chi connectivity index (χ0n) is 22.5. The summed E-state index contributed by atoms with van der Waals surface area (Å²) in [5.74, 6) is -3.13. The molecule has 0 amide bonds. The second-order valence-corrected chi connectivity index (χ2v) is 9.84. The molecule has 2 heterocycles. The lowest BCUT2D eigenvalue weighted by Gasteiger charge is -2.39. The molecule has 230 valence electrons. The van der Waals surface area contributed by atoms with E-state index in [9.17, 15) is 50.4 Å². The molecule has 0 unspecified atom stereocenters. The molecule has 4 aromatic rings. The van der Waals surface area contributed by atoms with Crippen LogP contribution in [0.25, 0.3) is 28.4 Å². The Labute approximate surface area is 247 Å². The van der Waals surface area contributed by atoms with E-state index in [2.05, 4.69) is 0 Å². The quantitative estimate of drug-likeness (QED) is 0.0840. The second-order valence-electron chi connectivity index (χ2n) is 9.84. The minimum absolute atomic E-state index is 0.0139. The average Bonchev–Trinajstić information content (AvgIpc) is 2.97. The second kappa shape index (κ2) is 12.1. The fraction of sp³-hybridized carbons (Fsp3) is 0.200. The van der Waals surface area contributed by atoms with Gasteiger partial charge in [0.05, 0.1) is 0 Å². The average molecular weight is 611 g/mol. The Kier molecular flexibility index (Phi) is 8.33. The standard InChI is InChI=1S/C30H26O14/c31-15-9-19(35)26-20(36)11-22(42-23(26)10-15)14-3-5-21(18(34)8-14)43-30-29(40)28(39)27(38)24(44-30)12-41-25(37)6-2-13-1-4-16(32)17(33)7-13/h1-11,24,27-35,38-40H,12H2/t24-,27-,28+,29-,30-/m1/s1. The summed E-state index contributed by atoms with van der Waals surface area (Å²) in [6, 6.07) is 10.9. The Balaban J connectivity index is 1.27. The molecule has 8 N–H and O–H groups in total. The highest BCUT2D eigenvalue weighted by molar-refractivity contribution is 5.87. The molecule has 0 saturated carbocycles. The Hall–Kier alpha value is -5.28. The van der Waals surface area contributed by atoms with Crippen molar-refractivity contribution in [3.63, 3.8) is 0 Å². The van der Waals surface area contributed by atoms with Crippen LogP contribution in [0.3, 0.4) is 0 Å². The Morgan fingerprint density at radius 3 is 2.32 bits per heavy atom. The number of phenolic OH excluding ortho intramolecular Hbond substituents is 5. The third-order valence-electron chi connectivity index (χ3n) is 6.75. The van der Waals surface area contributed by atoms with Crippen molar-refractivity contribution in [2.24, 2.45) is 0 Å². The number of carbonyl (C=O) groups excluding carboxylic acids is 1. The van der Waals surface area contributed by atoms with Crippen molar-refractivity contribution >= 4 is 23.0 Å². The molecule has 14 nitrogen and oxygen atoms in total. The lowest BCUT2D eigenvalue weighted by atomic mass is 9.99. The van der Waals surface area contributed by atoms with Gasteiger partial charge in [-0.2, -0.15) is 0 Å². The molecule has 44 heavy (non-hydrogen) atoms. The lowest BCUT2D eigenvalue weighted by Crippen LogP contribution is -2.60. The van der Waals surface area contributed by atoms with E-state index in [4.69, 9.17) is 18.6 Å². The number of benzene rings is 3. The maximum atomic E-state index is 12.5. The van der Waals surface area contributed by atoms with Crippen LogP contribution in [0.5, 0.6) is 34.5 Å². The Morgan fingerprint density at radius 2 is 1.59 bits per heavy atom. The number of fused-ring (bicyclic) bond motifs is 1. The topological polar surface area (TPSA) is 237 Å². The van der Waals surface area contributed by atoms with Crippen molar-refractivity contribution in [2.45, 2.75) is 30.7 Å². The number of hydrogen-bond acceptors (Lipinski definition) is 14. The van der Waals surface area contributed by atoms with Crippen LogP contribution in [0.2, 0.25) is 0 Å². The minimum atomic E-state index is -1.78. The maximum absolute atomic E-state index is 12.5. The number of rotatable bonds is 7. The van der Waals surface area contributed by atoms with Crippen molar-refractivity contribution in [1.82, 2.24) is 0 Å². The van der Waals surface area contributed by atoms with Gasteiger partial charge in [-0.15, -0.1) is 0 Å². The van der Waals surface area contributed by atoms with Crippen LogP contribution in [0.4, 0.5) is 0 Å². The molecule has 1 saturated heterocycles. The van der Waals surface area contributed by atoms with Gasteiger partial charge >= 0.3 is 5.97 Å². The number of hydrogen-bond donors (Lipinski definition) is 8. The highest BCUT2D eigenvalue weighted by atomic mass is 16.7. The number of esters is 1. The predicted molar refractivity (Wildman–Crippen MR) is 150 cm³/mol. The third kappa shape index (κ3) is 6.23. The summed E-state index contributed by atoms with van der Waals surface area (Å²) in [5.41, 5.74) is -0.118. The molecule has 0 aliphatic carbocycles. The van der Waals surface area contributed by atoms with Gasteiger partial charge in [0.2, 0.25) is 6.29 Å². The first kappa shape index (κ1) is 30.2. The molecule has 1 aromatic heterocycles. The van der Waals surface area contributed by atoms with E-state index in [0.29, 0.717) is 5.56 Å². The summed E-state index contributed by atoms with van der Waals surface area (Å²) < 4.78 is 21.8. The molecule has 3 aromatic carbocycles. The van der Waals surface area contributed by atoms with Crippen LogP contribution >= 0.6 is 0 Å². The Morgan fingerprint density at radius 1 is 0.818 bits per heavy atom. The van der Waals surface area contributed by atoms with E-state index in [1.54, 1.807) is 0 Å². The van der Waals surface area contributed by atoms with E-state index < -0.39 is 60.2 Å². The van der Waals surface area contributed by atoms with Gasteiger partial charge in [0.25, 0.3) is 0 Å². The lowest BCUT2D eigenvalue weighted by molar-refractivity contribution is -0.278. The van der Waals surface area contributed by atoms with Crippen LogP contribution in [0, 0.1) is 0 Å².